The minimum absolute atomic E-state index is 0.0433. The van der Waals surface area contributed by atoms with Crippen LogP contribution in [0.4, 0.5) is 13.2 Å². The first-order valence-corrected chi connectivity index (χ1v) is 4.55. The van der Waals surface area contributed by atoms with Crippen molar-refractivity contribution in [2.45, 2.75) is 19.5 Å². The second-order valence-electron chi connectivity index (χ2n) is 3.08. The summed E-state index contributed by atoms with van der Waals surface area (Å²) in [4.78, 5) is 11.0. The van der Waals surface area contributed by atoms with Gasteiger partial charge in [-0.3, -0.25) is 4.79 Å². The van der Waals surface area contributed by atoms with Crippen molar-refractivity contribution in [1.29, 1.82) is 0 Å². The summed E-state index contributed by atoms with van der Waals surface area (Å²) in [6.45, 7) is 1.26. The normalized spacial score (nSPS) is 17.5. The van der Waals surface area contributed by atoms with Gasteiger partial charge in [0.05, 0.1) is 5.03 Å². The summed E-state index contributed by atoms with van der Waals surface area (Å²) in [6.07, 6.45) is -1.51. The molecular weight excluding hydrogens is 229 g/mol. The predicted molar refractivity (Wildman–Crippen MR) is 51.5 cm³/mol. The Labute approximate surface area is 89.9 Å². The molecule has 0 spiro atoms. The molecule has 1 aliphatic rings. The number of ketones is 1. The Morgan fingerprint density at radius 2 is 2.00 bits per heavy atom. The molecule has 0 aliphatic heterocycles. The molecule has 82 valence electrons. The van der Waals surface area contributed by atoms with Crippen LogP contribution in [0.2, 0.25) is 0 Å². The van der Waals surface area contributed by atoms with Crippen molar-refractivity contribution in [1.82, 2.24) is 0 Å². The van der Waals surface area contributed by atoms with Crippen molar-refractivity contribution in [3.8, 4) is 0 Å². The maximum Gasteiger partial charge on any atom is 0.412 e. The third-order valence-electron chi connectivity index (χ3n) is 1.96. The highest BCUT2D eigenvalue weighted by molar-refractivity contribution is 6.35. The third kappa shape index (κ3) is 2.96. The van der Waals surface area contributed by atoms with Crippen LogP contribution in [0, 0.1) is 0 Å². The van der Waals surface area contributed by atoms with Gasteiger partial charge in [0, 0.05) is 11.1 Å². The van der Waals surface area contributed by atoms with Crippen molar-refractivity contribution in [2.24, 2.45) is 0 Å². The van der Waals surface area contributed by atoms with Crippen LogP contribution in [0.25, 0.3) is 0 Å². The van der Waals surface area contributed by atoms with Crippen molar-refractivity contribution in [3.05, 3.63) is 34.4 Å². The van der Waals surface area contributed by atoms with E-state index in [0.29, 0.717) is 0 Å². The molecule has 1 aliphatic carbocycles. The zero-order valence-corrected chi connectivity index (χ0v) is 8.62. The van der Waals surface area contributed by atoms with E-state index < -0.39 is 11.7 Å². The second-order valence-corrected chi connectivity index (χ2v) is 3.49. The third-order valence-corrected chi connectivity index (χ3v) is 2.29. The van der Waals surface area contributed by atoms with Crippen molar-refractivity contribution < 1.29 is 18.0 Å². The number of rotatable bonds is 1. The molecule has 0 amide bonds. The summed E-state index contributed by atoms with van der Waals surface area (Å²) in [5.74, 6) is -0.340. The van der Waals surface area contributed by atoms with Gasteiger partial charge in [0.25, 0.3) is 0 Å². The van der Waals surface area contributed by atoms with Crippen LogP contribution < -0.4 is 0 Å². The number of carbonyl (C=O) groups is 1. The average Bonchev–Trinajstić information content (AvgIpc) is 2.25. The van der Waals surface area contributed by atoms with Gasteiger partial charge in [-0.2, -0.15) is 13.2 Å². The summed E-state index contributed by atoms with van der Waals surface area (Å²) >= 11 is 5.66. The lowest BCUT2D eigenvalue weighted by molar-refractivity contribution is -0.113. The highest BCUT2D eigenvalue weighted by Gasteiger charge is 2.33. The molecule has 0 atom stereocenters. The molecule has 0 heterocycles. The molecule has 0 saturated carbocycles. The van der Waals surface area contributed by atoms with Crippen molar-refractivity contribution in [3.63, 3.8) is 0 Å². The average molecular weight is 237 g/mol. The maximum atomic E-state index is 12.3. The van der Waals surface area contributed by atoms with E-state index in [1.54, 1.807) is 0 Å². The Morgan fingerprint density at radius 1 is 1.40 bits per heavy atom. The van der Waals surface area contributed by atoms with E-state index in [0.717, 1.165) is 12.2 Å². The van der Waals surface area contributed by atoms with Gasteiger partial charge in [-0.1, -0.05) is 23.8 Å². The van der Waals surface area contributed by atoms with Crippen LogP contribution >= 0.6 is 11.6 Å². The molecule has 0 bridgehead atoms. The molecule has 1 rings (SSSR count). The highest BCUT2D eigenvalue weighted by Crippen LogP contribution is 2.32. The van der Waals surface area contributed by atoms with Gasteiger partial charge in [-0.05, 0) is 19.4 Å². The van der Waals surface area contributed by atoms with E-state index in [4.69, 9.17) is 11.6 Å². The van der Waals surface area contributed by atoms with Gasteiger partial charge in [-0.25, -0.2) is 0 Å². The van der Waals surface area contributed by atoms with Crippen molar-refractivity contribution in [2.75, 3.05) is 0 Å². The first kappa shape index (κ1) is 12.0. The standard InChI is InChI=1S/C10H8ClF3O/c1-6(15)8-4-2-7(10(12,13)14)3-5-9(8)11/h3-5H,2H2,1H3. The SMILES string of the molecule is CC(=O)C1=CCC(C(F)(F)F)=CC=C1Cl. The monoisotopic (exact) mass is 236 g/mol. The summed E-state index contributed by atoms with van der Waals surface area (Å²) in [7, 11) is 0. The smallest absolute Gasteiger partial charge is 0.294 e. The Balaban J connectivity index is 3.04. The quantitative estimate of drug-likeness (QED) is 0.681. The van der Waals surface area contributed by atoms with E-state index in [2.05, 4.69) is 0 Å². The molecule has 0 aromatic rings. The van der Waals surface area contributed by atoms with Crippen LogP contribution in [0.1, 0.15) is 13.3 Å². The number of halogens is 4. The first-order chi connectivity index (χ1) is 6.82. The molecule has 0 saturated heterocycles. The largest absolute Gasteiger partial charge is 0.412 e. The number of Topliss-reactive ketones (excluding diaryl/α,β-unsaturated/α-hetero) is 1. The van der Waals surface area contributed by atoms with Crippen LogP contribution in [0.5, 0.6) is 0 Å². The fourth-order valence-corrected chi connectivity index (χ4v) is 1.44. The predicted octanol–water partition coefficient (Wildman–Crippen LogP) is 3.52. The Kier molecular flexibility index (Phi) is 3.39. The Hall–Kier alpha value is -1.03. The molecule has 15 heavy (non-hydrogen) atoms. The summed E-state index contributed by atoms with van der Waals surface area (Å²) in [5, 5.41) is 0.0433. The van der Waals surface area contributed by atoms with Gasteiger partial charge in [-0.15, -0.1) is 0 Å². The van der Waals surface area contributed by atoms with Gasteiger partial charge in [0.1, 0.15) is 0 Å². The zero-order valence-electron chi connectivity index (χ0n) is 7.86. The number of allylic oxidation sites excluding steroid dienone is 6. The minimum Gasteiger partial charge on any atom is -0.294 e. The van der Waals surface area contributed by atoms with Crippen LogP contribution in [-0.4, -0.2) is 12.0 Å². The lowest BCUT2D eigenvalue weighted by Crippen LogP contribution is -2.10. The number of hydrogen-bond donors (Lipinski definition) is 0. The van der Waals surface area contributed by atoms with E-state index in [1.165, 1.54) is 13.0 Å². The Bertz CT molecular complexity index is 375. The fourth-order valence-electron chi connectivity index (χ4n) is 1.16. The van der Waals surface area contributed by atoms with Gasteiger partial charge in [0.15, 0.2) is 5.78 Å². The molecule has 0 unspecified atom stereocenters. The van der Waals surface area contributed by atoms with Gasteiger partial charge >= 0.3 is 6.18 Å². The zero-order chi connectivity index (χ0) is 11.6. The molecule has 0 aromatic heterocycles. The second kappa shape index (κ2) is 4.23. The maximum absolute atomic E-state index is 12.3. The lowest BCUT2D eigenvalue weighted by atomic mass is 10.1. The summed E-state index contributed by atoms with van der Waals surface area (Å²) in [6, 6.07) is 0. The fraction of sp³-hybridized carbons (Fsp3) is 0.300. The highest BCUT2D eigenvalue weighted by atomic mass is 35.5. The number of alkyl halides is 3. The number of hydrogen-bond acceptors (Lipinski definition) is 1. The molecule has 5 heteroatoms. The molecule has 1 nitrogen and oxygen atoms in total. The topological polar surface area (TPSA) is 17.1 Å². The summed E-state index contributed by atoms with van der Waals surface area (Å²) in [5.41, 5.74) is -0.580. The molecule has 0 aromatic carbocycles. The molecular formula is C10H8ClF3O. The lowest BCUT2D eigenvalue weighted by Gasteiger charge is -2.07. The Morgan fingerprint density at radius 3 is 2.47 bits per heavy atom. The molecule has 0 fully saturated rings. The van der Waals surface area contributed by atoms with Crippen molar-refractivity contribution >= 4 is 17.4 Å². The van der Waals surface area contributed by atoms with Gasteiger partial charge < -0.3 is 0 Å². The van der Waals surface area contributed by atoms with Crippen LogP contribution in [-0.2, 0) is 4.79 Å². The van der Waals surface area contributed by atoms with E-state index >= 15 is 0 Å². The first-order valence-electron chi connectivity index (χ1n) is 4.17. The minimum atomic E-state index is -4.38. The van der Waals surface area contributed by atoms with Gasteiger partial charge in [0.2, 0.25) is 0 Å². The van der Waals surface area contributed by atoms with E-state index in [1.807, 2.05) is 0 Å². The van der Waals surface area contributed by atoms with E-state index in [9.17, 15) is 18.0 Å². The van der Waals surface area contributed by atoms with Crippen LogP contribution in [0.15, 0.2) is 34.4 Å². The molecule has 0 N–H and O–H groups in total. The summed E-state index contributed by atoms with van der Waals surface area (Å²) < 4.78 is 37.0. The van der Waals surface area contributed by atoms with Crippen LogP contribution in [0.3, 0.4) is 0 Å². The number of carbonyl (C=O) groups excluding carboxylic acids is 1. The van der Waals surface area contributed by atoms with E-state index in [-0.39, 0.29) is 22.8 Å². The molecule has 0 radical (unpaired) electrons.